The average Bonchev–Trinajstić information content (AvgIpc) is 2.98. The van der Waals surface area contributed by atoms with Crippen LogP contribution in [0.4, 0.5) is 4.39 Å². The van der Waals surface area contributed by atoms with Gasteiger partial charge in [0.05, 0.1) is 5.41 Å². The Morgan fingerprint density at radius 2 is 0.938 bits per heavy atom. The zero-order valence-electron chi connectivity index (χ0n) is 27.8. The van der Waals surface area contributed by atoms with E-state index in [1.165, 1.54) is 57.2 Å². The zero-order valence-corrected chi connectivity index (χ0v) is 27.8. The normalized spacial score (nSPS) is 11.2. The summed E-state index contributed by atoms with van der Waals surface area (Å²) >= 11 is 0. The highest BCUT2D eigenvalue weighted by Gasteiger charge is 2.24. The monoisotopic (exact) mass is 652 g/mol. The van der Waals surface area contributed by atoms with E-state index in [1.54, 1.807) is 63.3 Å². The molecular weight excluding hydrogens is 615 g/mol. The van der Waals surface area contributed by atoms with Crippen LogP contribution < -0.4 is 18.9 Å². The Hall–Kier alpha value is -5.83. The maximum Gasteiger partial charge on any atom is 0.338 e. The van der Waals surface area contributed by atoms with E-state index in [1.807, 2.05) is 0 Å². The van der Waals surface area contributed by atoms with Gasteiger partial charge in [-0.15, -0.1) is 0 Å². The predicted octanol–water partition coefficient (Wildman–Crippen LogP) is 8.56. The average molecular weight is 653 g/mol. The highest BCUT2D eigenvalue weighted by molar-refractivity contribution is 5.90. The third-order valence-corrected chi connectivity index (χ3v) is 6.25. The van der Waals surface area contributed by atoms with E-state index >= 15 is 4.39 Å². The first-order valence-electron chi connectivity index (χ1n) is 14.7. The van der Waals surface area contributed by atoms with Crippen molar-refractivity contribution >= 4 is 48.2 Å². The summed E-state index contributed by atoms with van der Waals surface area (Å²) in [7, 11) is 0. The molecule has 0 radical (unpaired) electrons. The first-order chi connectivity index (χ1) is 22.4. The van der Waals surface area contributed by atoms with Crippen LogP contribution in [-0.4, -0.2) is 23.9 Å². The van der Waals surface area contributed by atoms with Gasteiger partial charge in [-0.1, -0.05) is 56.2 Å². The molecule has 0 fully saturated rings. The second kappa shape index (κ2) is 15.6. The van der Waals surface area contributed by atoms with E-state index < -0.39 is 35.1 Å². The number of carbonyl (C=O) groups excluding carboxylic acids is 4. The van der Waals surface area contributed by atoms with Crippen LogP contribution in [0.25, 0.3) is 24.3 Å². The molecule has 0 aliphatic carbocycles. The first kappa shape index (κ1) is 36.6. The molecule has 0 heterocycles. The fraction of sp³-hybridized carbons (Fsp3) is 0.179. The van der Waals surface area contributed by atoms with E-state index in [9.17, 15) is 19.2 Å². The van der Waals surface area contributed by atoms with Crippen LogP contribution in [0, 0.1) is 11.2 Å². The number of esters is 4. The van der Waals surface area contributed by atoms with Crippen LogP contribution in [-0.2, 0) is 19.2 Å². The number of hydrogen-bond acceptors (Lipinski definition) is 8. The summed E-state index contributed by atoms with van der Waals surface area (Å²) in [5, 5.41) is 0. The Balaban J connectivity index is 1.89. The van der Waals surface area contributed by atoms with E-state index in [2.05, 4.69) is 19.7 Å². The number of benzene rings is 3. The van der Waals surface area contributed by atoms with Gasteiger partial charge in [-0.3, -0.25) is 4.79 Å². The molecule has 3 rings (SSSR count). The van der Waals surface area contributed by atoms with Gasteiger partial charge in [0.1, 0.15) is 28.8 Å². The van der Waals surface area contributed by atoms with Crippen molar-refractivity contribution in [1.82, 2.24) is 0 Å². The van der Waals surface area contributed by atoms with Crippen molar-refractivity contribution in [2.24, 2.45) is 5.41 Å². The van der Waals surface area contributed by atoms with Crippen LogP contribution >= 0.6 is 0 Å². The third-order valence-electron chi connectivity index (χ3n) is 6.25. The van der Waals surface area contributed by atoms with Crippen LogP contribution in [0.1, 0.15) is 63.8 Å². The first-order valence-corrected chi connectivity index (χ1v) is 14.7. The molecule has 48 heavy (non-hydrogen) atoms. The fourth-order valence-corrected chi connectivity index (χ4v) is 3.62. The highest BCUT2D eigenvalue weighted by atomic mass is 19.1. The van der Waals surface area contributed by atoms with Gasteiger partial charge in [0.25, 0.3) is 0 Å². The Kier molecular flexibility index (Phi) is 11.9. The second-order valence-electron chi connectivity index (χ2n) is 12.1. The number of halogens is 1. The summed E-state index contributed by atoms with van der Waals surface area (Å²) in [4.78, 5) is 48.8. The van der Waals surface area contributed by atoms with Gasteiger partial charge in [0.15, 0.2) is 0 Å². The molecule has 0 amide bonds. The predicted molar refractivity (Wildman–Crippen MR) is 184 cm³/mol. The smallest absolute Gasteiger partial charge is 0.338 e. The zero-order chi connectivity index (χ0) is 35.8. The summed E-state index contributed by atoms with van der Waals surface area (Å²) in [6, 6.07) is 13.6. The van der Waals surface area contributed by atoms with Crippen molar-refractivity contribution in [3.63, 3.8) is 0 Å². The van der Waals surface area contributed by atoms with Crippen molar-refractivity contribution in [3.8, 4) is 23.0 Å². The quantitative estimate of drug-likeness (QED) is 0.0878. The molecule has 0 aliphatic heterocycles. The summed E-state index contributed by atoms with van der Waals surface area (Å²) < 4.78 is 36.7. The minimum Gasteiger partial charge on any atom is -0.426 e. The van der Waals surface area contributed by atoms with Crippen molar-refractivity contribution in [2.45, 2.75) is 41.5 Å². The summed E-state index contributed by atoms with van der Waals surface area (Å²) in [6.07, 6.45) is 6.39. The van der Waals surface area contributed by atoms with Gasteiger partial charge in [-0.2, -0.15) is 0 Å². The van der Waals surface area contributed by atoms with Crippen LogP contribution in [0.3, 0.4) is 0 Å². The molecule has 0 spiro atoms. The van der Waals surface area contributed by atoms with Crippen molar-refractivity contribution in [3.05, 3.63) is 119 Å². The van der Waals surface area contributed by atoms with E-state index in [-0.39, 0.29) is 45.3 Å². The molecule has 0 saturated heterocycles. The minimum absolute atomic E-state index is 0.102. The lowest BCUT2D eigenvalue weighted by Crippen LogP contribution is -2.25. The molecule has 248 valence electrons. The molecule has 0 unspecified atom stereocenters. The van der Waals surface area contributed by atoms with Gasteiger partial charge in [-0.25, -0.2) is 18.8 Å². The van der Waals surface area contributed by atoms with Gasteiger partial charge in [-0.05, 0) is 88.6 Å². The number of rotatable bonds is 11. The Bertz CT molecular complexity index is 1820. The molecule has 0 aromatic heterocycles. The molecular formula is C39H37FO8. The fourth-order valence-electron chi connectivity index (χ4n) is 3.62. The van der Waals surface area contributed by atoms with E-state index in [0.29, 0.717) is 16.7 Å². The van der Waals surface area contributed by atoms with Crippen molar-refractivity contribution in [1.29, 1.82) is 0 Å². The number of hydrogen-bond donors (Lipinski definition) is 0. The topological polar surface area (TPSA) is 105 Å². The molecule has 0 bridgehead atoms. The van der Waals surface area contributed by atoms with E-state index in [0.717, 1.165) is 0 Å². The van der Waals surface area contributed by atoms with Gasteiger partial charge >= 0.3 is 23.9 Å². The number of ether oxygens (including phenoxy) is 4. The molecule has 0 atom stereocenters. The van der Waals surface area contributed by atoms with Crippen molar-refractivity contribution < 1.29 is 42.5 Å². The molecule has 8 nitrogen and oxygen atoms in total. The van der Waals surface area contributed by atoms with Crippen LogP contribution in [0.15, 0.2) is 91.1 Å². The van der Waals surface area contributed by atoms with Gasteiger partial charge in [0, 0.05) is 34.4 Å². The lowest BCUT2D eigenvalue weighted by Gasteiger charge is -2.17. The molecule has 0 aliphatic rings. The lowest BCUT2D eigenvalue weighted by atomic mass is 9.97. The standard InChI is InChI=1S/C39H37FO8/c1-23(2)35(41)45-30-17-28(18-31(21-30)46-36(42)24(3)4)13-15-29-14-12-26(20-34(29)40)10-11-27-16-32(47-37(43)25(5)6)22-33(19-27)48-38(44)39(7,8)9/h10-22H,1,3,5H2,2,4,6-9H3/b11-10+,15-13+. The summed E-state index contributed by atoms with van der Waals surface area (Å²) in [5.74, 6) is -2.45. The molecule has 0 N–H and O–H groups in total. The molecule has 0 saturated carbocycles. The van der Waals surface area contributed by atoms with Crippen LogP contribution in [0.2, 0.25) is 0 Å². The van der Waals surface area contributed by atoms with Crippen molar-refractivity contribution in [2.75, 3.05) is 0 Å². The van der Waals surface area contributed by atoms with Gasteiger partial charge < -0.3 is 18.9 Å². The van der Waals surface area contributed by atoms with E-state index in [4.69, 9.17) is 18.9 Å². The Morgan fingerprint density at radius 3 is 1.31 bits per heavy atom. The molecule has 9 heteroatoms. The maximum atomic E-state index is 15.2. The summed E-state index contributed by atoms with van der Waals surface area (Å²) in [6.45, 7) is 20.4. The maximum absolute atomic E-state index is 15.2. The Morgan fingerprint density at radius 1 is 0.562 bits per heavy atom. The van der Waals surface area contributed by atoms with Gasteiger partial charge in [0.2, 0.25) is 0 Å². The Labute approximate surface area is 279 Å². The lowest BCUT2D eigenvalue weighted by molar-refractivity contribution is -0.143. The number of carbonyl (C=O) groups is 4. The summed E-state index contributed by atoms with van der Waals surface area (Å²) in [5.41, 5.74) is 1.54. The third kappa shape index (κ3) is 10.9. The largest absolute Gasteiger partial charge is 0.426 e. The second-order valence-corrected chi connectivity index (χ2v) is 12.1. The SMILES string of the molecule is C=C(C)C(=O)Oc1cc(/C=C/c2ccc(/C=C/c3cc(OC(=O)C(=C)C)cc(OC(=O)C(C)(C)C)c3)cc2F)cc(OC(=O)C(=C)C)c1. The highest BCUT2D eigenvalue weighted by Crippen LogP contribution is 2.29. The molecule has 3 aromatic carbocycles. The van der Waals surface area contributed by atoms with Crippen LogP contribution in [0.5, 0.6) is 23.0 Å². The minimum atomic E-state index is -0.770. The molecule has 3 aromatic rings.